The number of aliphatic hydroxyl groups is 2. The van der Waals surface area contributed by atoms with Crippen LogP contribution in [-0.4, -0.2) is 47.4 Å². The monoisotopic (exact) mass is 1210 g/mol. The van der Waals surface area contributed by atoms with E-state index in [1.54, 1.807) is 6.08 Å². The van der Waals surface area contributed by atoms with Crippen LogP contribution in [0.3, 0.4) is 0 Å². The first-order valence-electron chi connectivity index (χ1n) is 39.3. The van der Waals surface area contributed by atoms with Gasteiger partial charge in [0.15, 0.2) is 0 Å². The van der Waals surface area contributed by atoms with Gasteiger partial charge in [0.1, 0.15) is 0 Å². The smallest absolute Gasteiger partial charge is 0.305 e. The molecule has 0 saturated carbocycles. The molecule has 0 spiro atoms. The zero-order chi connectivity index (χ0) is 62.0. The topological polar surface area (TPSA) is 95.9 Å². The van der Waals surface area contributed by atoms with Gasteiger partial charge in [0.25, 0.3) is 0 Å². The highest BCUT2D eigenvalue weighted by Crippen LogP contribution is 2.19. The summed E-state index contributed by atoms with van der Waals surface area (Å²) in [6.45, 7) is 4.93. The Morgan fingerprint density at radius 2 is 0.547 bits per heavy atom. The Morgan fingerprint density at radius 1 is 0.314 bits per heavy atom. The van der Waals surface area contributed by atoms with Gasteiger partial charge in [-0.3, -0.25) is 9.59 Å². The highest BCUT2D eigenvalue weighted by atomic mass is 16.5. The van der Waals surface area contributed by atoms with Crippen LogP contribution < -0.4 is 5.32 Å². The van der Waals surface area contributed by atoms with Crippen molar-refractivity contribution < 1.29 is 24.5 Å². The molecular weight excluding hydrogens is 1050 g/mol. The van der Waals surface area contributed by atoms with Gasteiger partial charge in [-0.2, -0.15) is 0 Å². The molecule has 0 aliphatic heterocycles. The van der Waals surface area contributed by atoms with Crippen LogP contribution >= 0.6 is 0 Å². The molecule has 0 aromatic carbocycles. The first-order chi connectivity index (χ1) is 42.5. The Morgan fingerprint density at radius 3 is 0.837 bits per heavy atom. The van der Waals surface area contributed by atoms with Crippen molar-refractivity contribution in [2.75, 3.05) is 13.2 Å². The van der Waals surface area contributed by atoms with Gasteiger partial charge in [0.05, 0.1) is 25.4 Å². The molecule has 0 heterocycles. The first-order valence-corrected chi connectivity index (χ1v) is 39.3. The second kappa shape index (κ2) is 75.5. The fourth-order valence-electron chi connectivity index (χ4n) is 12.4. The number of carbonyl (C=O) groups excluding carboxylic acids is 2. The lowest BCUT2D eigenvalue weighted by Crippen LogP contribution is -2.45. The molecule has 0 rings (SSSR count). The third kappa shape index (κ3) is 71.2. The molecule has 0 aromatic heterocycles. The predicted octanol–water partition coefficient (Wildman–Crippen LogP) is 25.8. The standard InChI is InChI=1S/C80H153NO5/c1-3-5-7-9-11-13-15-17-18-19-20-21-22-33-36-39-42-45-49-52-56-60-64-68-72-78(83)77(76-82)81-79(84)73-69-65-61-57-53-50-46-43-40-37-34-31-29-27-25-23-24-26-28-30-32-35-38-41-44-47-51-55-59-63-67-71-75-86-80(85)74-70-66-62-58-54-48-16-14-12-10-8-6-4-2/h14,16,26,28,68,72,77-78,82-83H,3-13,15,17-25,27,29-67,69-71,73-76H2,1-2H3,(H,81,84)/b16-14-,28-26-,72-68+. The minimum Gasteiger partial charge on any atom is -0.466 e. The number of esters is 1. The van der Waals surface area contributed by atoms with Crippen LogP contribution in [0.2, 0.25) is 0 Å². The van der Waals surface area contributed by atoms with E-state index in [9.17, 15) is 19.8 Å². The fourth-order valence-corrected chi connectivity index (χ4v) is 12.4. The van der Waals surface area contributed by atoms with E-state index in [2.05, 4.69) is 43.5 Å². The zero-order valence-electron chi connectivity index (χ0n) is 58.3. The van der Waals surface area contributed by atoms with Crippen molar-refractivity contribution in [1.29, 1.82) is 0 Å². The SMILES string of the molecule is CCCCCC/C=C\CCCCCCCC(=O)OCCCCCCCCCCCCCC/C=C\CCCCCCCCCCCCCCCCCCC(=O)NC(CO)C(O)/C=C/CCCCCCCCCCCCCCCCCCCCCCCC. The number of allylic oxidation sites excluding steroid dienone is 5. The van der Waals surface area contributed by atoms with E-state index >= 15 is 0 Å². The van der Waals surface area contributed by atoms with Crippen LogP contribution in [0.15, 0.2) is 36.5 Å². The van der Waals surface area contributed by atoms with E-state index in [1.807, 2.05) is 6.08 Å². The lowest BCUT2D eigenvalue weighted by atomic mass is 10.0. The molecule has 1 amide bonds. The van der Waals surface area contributed by atoms with Gasteiger partial charge in [-0.1, -0.05) is 378 Å². The normalized spacial score (nSPS) is 12.7. The minimum absolute atomic E-state index is 0.00927. The van der Waals surface area contributed by atoms with Crippen molar-refractivity contribution in [3.8, 4) is 0 Å². The van der Waals surface area contributed by atoms with Gasteiger partial charge in [0.2, 0.25) is 5.91 Å². The summed E-state index contributed by atoms with van der Waals surface area (Å²) in [5, 5.41) is 23.3. The number of nitrogens with one attached hydrogen (secondary N) is 1. The van der Waals surface area contributed by atoms with Crippen molar-refractivity contribution in [3.05, 3.63) is 36.5 Å². The number of amides is 1. The van der Waals surface area contributed by atoms with Crippen LogP contribution in [0.1, 0.15) is 438 Å². The van der Waals surface area contributed by atoms with Crippen molar-refractivity contribution in [1.82, 2.24) is 5.32 Å². The van der Waals surface area contributed by atoms with Crippen molar-refractivity contribution in [2.45, 2.75) is 450 Å². The maximum atomic E-state index is 12.6. The van der Waals surface area contributed by atoms with E-state index < -0.39 is 12.1 Å². The lowest BCUT2D eigenvalue weighted by molar-refractivity contribution is -0.143. The summed E-state index contributed by atoms with van der Waals surface area (Å²) in [4.78, 5) is 24.6. The Balaban J connectivity index is 3.39. The summed E-state index contributed by atoms with van der Waals surface area (Å²) in [5.74, 6) is -0.0512. The second-order valence-corrected chi connectivity index (χ2v) is 27.0. The number of aliphatic hydroxyl groups excluding tert-OH is 2. The molecule has 86 heavy (non-hydrogen) atoms. The molecular formula is C80H153NO5. The second-order valence-electron chi connectivity index (χ2n) is 27.0. The molecule has 3 N–H and O–H groups in total. The van der Waals surface area contributed by atoms with Crippen molar-refractivity contribution in [2.24, 2.45) is 0 Å². The fraction of sp³-hybridized carbons (Fsp3) is 0.900. The maximum Gasteiger partial charge on any atom is 0.305 e. The Kier molecular flexibility index (Phi) is 73.9. The molecule has 6 heteroatoms. The van der Waals surface area contributed by atoms with E-state index in [1.165, 1.54) is 366 Å². The summed E-state index contributed by atoms with van der Waals surface area (Å²) in [6, 6.07) is -0.628. The molecule has 0 aliphatic rings. The van der Waals surface area contributed by atoms with Crippen LogP contribution in [-0.2, 0) is 14.3 Å². The van der Waals surface area contributed by atoms with Gasteiger partial charge in [-0.15, -0.1) is 0 Å². The largest absolute Gasteiger partial charge is 0.466 e. The number of carbonyl (C=O) groups is 2. The molecule has 0 fully saturated rings. The van der Waals surface area contributed by atoms with Crippen LogP contribution in [0.25, 0.3) is 0 Å². The molecule has 0 aromatic rings. The van der Waals surface area contributed by atoms with Gasteiger partial charge in [-0.05, 0) is 83.5 Å². The Hall–Kier alpha value is -1.92. The summed E-state index contributed by atoms with van der Waals surface area (Å²) >= 11 is 0. The average Bonchev–Trinajstić information content (AvgIpc) is 3.54. The van der Waals surface area contributed by atoms with Gasteiger partial charge < -0.3 is 20.3 Å². The highest BCUT2D eigenvalue weighted by Gasteiger charge is 2.18. The zero-order valence-corrected chi connectivity index (χ0v) is 58.3. The van der Waals surface area contributed by atoms with E-state index in [0.717, 1.165) is 44.9 Å². The number of hydrogen-bond donors (Lipinski definition) is 3. The molecule has 2 unspecified atom stereocenters. The van der Waals surface area contributed by atoms with Gasteiger partial charge >= 0.3 is 5.97 Å². The average molecular weight is 1210 g/mol. The van der Waals surface area contributed by atoms with Crippen LogP contribution in [0.4, 0.5) is 0 Å². The number of ether oxygens (including phenoxy) is 1. The summed E-state index contributed by atoms with van der Waals surface area (Å²) in [5.41, 5.74) is 0. The Bertz CT molecular complexity index is 1390. The molecule has 6 nitrogen and oxygen atoms in total. The van der Waals surface area contributed by atoms with E-state index in [4.69, 9.17) is 4.74 Å². The Labute approximate surface area is 538 Å². The number of unbranched alkanes of at least 4 members (excludes halogenated alkanes) is 59. The van der Waals surface area contributed by atoms with Crippen LogP contribution in [0.5, 0.6) is 0 Å². The summed E-state index contributed by atoms with van der Waals surface area (Å²) in [6.07, 6.45) is 98.4. The predicted molar refractivity (Wildman–Crippen MR) is 379 cm³/mol. The van der Waals surface area contributed by atoms with Crippen LogP contribution in [0, 0.1) is 0 Å². The third-order valence-electron chi connectivity index (χ3n) is 18.4. The summed E-state index contributed by atoms with van der Waals surface area (Å²) < 4.78 is 5.48. The van der Waals surface area contributed by atoms with Gasteiger partial charge in [0, 0.05) is 12.8 Å². The third-order valence-corrected chi connectivity index (χ3v) is 18.4. The maximum absolute atomic E-state index is 12.6. The number of rotatable bonds is 74. The number of hydrogen-bond acceptors (Lipinski definition) is 5. The van der Waals surface area contributed by atoms with Crippen molar-refractivity contribution in [3.63, 3.8) is 0 Å². The molecule has 0 saturated heterocycles. The van der Waals surface area contributed by atoms with Crippen molar-refractivity contribution >= 4 is 11.9 Å². The lowest BCUT2D eigenvalue weighted by Gasteiger charge is -2.20. The molecule has 0 aliphatic carbocycles. The molecule has 508 valence electrons. The van der Waals surface area contributed by atoms with E-state index in [0.29, 0.717) is 19.4 Å². The first kappa shape index (κ1) is 84.1. The summed E-state index contributed by atoms with van der Waals surface area (Å²) in [7, 11) is 0. The molecule has 0 bridgehead atoms. The minimum atomic E-state index is -0.844. The van der Waals surface area contributed by atoms with E-state index in [-0.39, 0.29) is 18.5 Å². The molecule has 0 radical (unpaired) electrons. The van der Waals surface area contributed by atoms with Gasteiger partial charge in [-0.25, -0.2) is 0 Å². The quantitative estimate of drug-likeness (QED) is 0.0320. The molecule has 2 atom stereocenters. The highest BCUT2D eigenvalue weighted by molar-refractivity contribution is 5.76.